The maximum absolute atomic E-state index is 13.6. The highest BCUT2D eigenvalue weighted by Crippen LogP contribution is 2.22. The van der Waals surface area contributed by atoms with E-state index in [1.807, 2.05) is 19.1 Å². The second-order valence-corrected chi connectivity index (χ2v) is 4.96. The summed E-state index contributed by atoms with van der Waals surface area (Å²) in [6.07, 6.45) is -0.234. The van der Waals surface area contributed by atoms with Crippen molar-refractivity contribution in [3.63, 3.8) is 0 Å². The molecule has 0 N–H and O–H groups in total. The fraction of sp³-hybridized carbons (Fsp3) is 0.118. The van der Waals surface area contributed by atoms with Gasteiger partial charge in [0.2, 0.25) is 5.78 Å². The molecule has 0 amide bonds. The number of fused-ring (bicyclic) bond motifs is 1. The molecule has 0 radical (unpaired) electrons. The van der Waals surface area contributed by atoms with Gasteiger partial charge >= 0.3 is 0 Å². The van der Waals surface area contributed by atoms with Gasteiger partial charge in [-0.3, -0.25) is 4.79 Å². The number of hydrogen-bond acceptors (Lipinski definition) is 2. The largest absolute Gasteiger partial charge is 0.453 e. The van der Waals surface area contributed by atoms with Crippen molar-refractivity contribution in [3.05, 3.63) is 71.0 Å². The number of carbonyl (C=O) groups is 1. The first kappa shape index (κ1) is 13.5. The lowest BCUT2D eigenvalue weighted by Gasteiger charge is -2.01. The lowest BCUT2D eigenvalue weighted by atomic mass is 10.1. The Hall–Kier alpha value is -2.49. The lowest BCUT2D eigenvalue weighted by Crippen LogP contribution is -2.05. The number of hydrogen-bond donors (Lipinski definition) is 0. The molecule has 3 aromatic rings. The Morgan fingerprint density at radius 2 is 1.95 bits per heavy atom. The van der Waals surface area contributed by atoms with Gasteiger partial charge in [0.15, 0.2) is 17.4 Å². The second kappa shape index (κ2) is 5.13. The number of benzene rings is 2. The summed E-state index contributed by atoms with van der Waals surface area (Å²) in [4.78, 5) is 12.1. The van der Waals surface area contributed by atoms with E-state index in [4.69, 9.17) is 4.42 Å². The molecule has 0 fully saturated rings. The first-order chi connectivity index (χ1) is 10.0. The van der Waals surface area contributed by atoms with Crippen LogP contribution in [0.1, 0.15) is 21.7 Å². The molecule has 0 spiro atoms. The second-order valence-electron chi connectivity index (χ2n) is 4.96. The van der Waals surface area contributed by atoms with Crippen LogP contribution in [0.25, 0.3) is 11.0 Å². The van der Waals surface area contributed by atoms with Gasteiger partial charge in [0.25, 0.3) is 0 Å². The zero-order chi connectivity index (χ0) is 15.0. The van der Waals surface area contributed by atoms with Gasteiger partial charge < -0.3 is 4.42 Å². The number of aryl methyl sites for hydroxylation is 1. The summed E-state index contributed by atoms with van der Waals surface area (Å²) in [6.45, 7) is 1.94. The van der Waals surface area contributed by atoms with Crippen molar-refractivity contribution < 1.29 is 18.0 Å². The van der Waals surface area contributed by atoms with Crippen LogP contribution in [-0.4, -0.2) is 5.78 Å². The fourth-order valence-corrected chi connectivity index (χ4v) is 2.25. The normalized spacial score (nSPS) is 11.0. The van der Waals surface area contributed by atoms with E-state index in [0.717, 1.165) is 17.0 Å². The predicted molar refractivity (Wildman–Crippen MR) is 75.3 cm³/mol. The molecule has 2 aromatic carbocycles. The molecule has 1 heterocycles. The van der Waals surface area contributed by atoms with Gasteiger partial charge in [-0.25, -0.2) is 8.78 Å². The Bertz CT molecular complexity index is 834. The van der Waals surface area contributed by atoms with E-state index >= 15 is 0 Å². The third-order valence-corrected chi connectivity index (χ3v) is 3.33. The highest BCUT2D eigenvalue weighted by atomic mass is 19.2. The maximum Gasteiger partial charge on any atom is 0.202 e. The van der Waals surface area contributed by atoms with Gasteiger partial charge in [-0.05, 0) is 36.8 Å². The summed E-state index contributed by atoms with van der Waals surface area (Å²) < 4.78 is 32.2. The fourth-order valence-electron chi connectivity index (χ4n) is 2.25. The van der Waals surface area contributed by atoms with Crippen LogP contribution in [0.4, 0.5) is 8.78 Å². The molecule has 1 aromatic heterocycles. The summed E-state index contributed by atoms with van der Waals surface area (Å²) in [7, 11) is 0. The number of ketones is 1. The maximum atomic E-state index is 13.6. The highest BCUT2D eigenvalue weighted by molar-refractivity contribution is 5.98. The molecular formula is C17H12F2O2. The third-order valence-electron chi connectivity index (χ3n) is 3.33. The van der Waals surface area contributed by atoms with E-state index in [2.05, 4.69) is 0 Å². The molecule has 0 aliphatic heterocycles. The van der Waals surface area contributed by atoms with Crippen LogP contribution in [0.2, 0.25) is 0 Å². The molecule has 0 atom stereocenters. The molecule has 21 heavy (non-hydrogen) atoms. The molecule has 4 heteroatoms. The Kier molecular flexibility index (Phi) is 3.29. The number of rotatable bonds is 3. The number of Topliss-reactive ketones (excluding diaryl/α,β-unsaturated/α-hetero) is 1. The first-order valence-electron chi connectivity index (χ1n) is 6.51. The SMILES string of the molecule is Cc1ccc2oc(C(=O)Cc3cccc(F)c3F)cc2c1. The summed E-state index contributed by atoms with van der Waals surface area (Å²) >= 11 is 0. The first-order valence-corrected chi connectivity index (χ1v) is 6.51. The van der Waals surface area contributed by atoms with E-state index < -0.39 is 11.6 Å². The standard InChI is InChI=1S/C17H12F2O2/c1-10-5-6-15-12(7-10)9-16(21-15)14(20)8-11-3-2-4-13(18)17(11)19/h2-7,9H,8H2,1H3. The van der Waals surface area contributed by atoms with Crippen LogP contribution in [0.5, 0.6) is 0 Å². The van der Waals surface area contributed by atoms with Crippen molar-refractivity contribution in [2.24, 2.45) is 0 Å². The van der Waals surface area contributed by atoms with Crippen molar-refractivity contribution in [2.45, 2.75) is 13.3 Å². The van der Waals surface area contributed by atoms with Gasteiger partial charge in [-0.2, -0.15) is 0 Å². The van der Waals surface area contributed by atoms with E-state index in [0.29, 0.717) is 5.58 Å². The smallest absolute Gasteiger partial charge is 0.202 e. The van der Waals surface area contributed by atoms with Gasteiger partial charge in [0.1, 0.15) is 5.58 Å². The van der Waals surface area contributed by atoms with E-state index in [-0.39, 0.29) is 23.5 Å². The Morgan fingerprint density at radius 3 is 2.76 bits per heavy atom. The lowest BCUT2D eigenvalue weighted by molar-refractivity contribution is 0.0967. The average Bonchev–Trinajstić information content (AvgIpc) is 2.87. The number of furan rings is 1. The molecule has 0 unspecified atom stereocenters. The van der Waals surface area contributed by atoms with Crippen LogP contribution >= 0.6 is 0 Å². The summed E-state index contributed by atoms with van der Waals surface area (Å²) in [6, 6.07) is 11.0. The van der Waals surface area contributed by atoms with Crippen molar-refractivity contribution >= 4 is 16.8 Å². The highest BCUT2D eigenvalue weighted by Gasteiger charge is 2.16. The molecule has 0 saturated carbocycles. The minimum Gasteiger partial charge on any atom is -0.453 e. The Morgan fingerprint density at radius 1 is 1.14 bits per heavy atom. The van der Waals surface area contributed by atoms with Crippen LogP contribution < -0.4 is 0 Å². The monoisotopic (exact) mass is 286 g/mol. The quantitative estimate of drug-likeness (QED) is 0.666. The van der Waals surface area contributed by atoms with Crippen molar-refractivity contribution in [3.8, 4) is 0 Å². The van der Waals surface area contributed by atoms with E-state index in [1.165, 1.54) is 12.1 Å². The minimum atomic E-state index is -0.988. The molecule has 0 aliphatic rings. The molecule has 2 nitrogen and oxygen atoms in total. The summed E-state index contributed by atoms with van der Waals surface area (Å²) in [5.41, 5.74) is 1.68. The van der Waals surface area contributed by atoms with Gasteiger partial charge in [0.05, 0.1) is 0 Å². The van der Waals surface area contributed by atoms with Gasteiger partial charge in [0, 0.05) is 11.8 Å². The zero-order valence-electron chi connectivity index (χ0n) is 11.3. The van der Waals surface area contributed by atoms with Gasteiger partial charge in [-0.15, -0.1) is 0 Å². The summed E-state index contributed by atoms with van der Waals surface area (Å²) in [5, 5.41) is 0.818. The van der Waals surface area contributed by atoms with Crippen LogP contribution in [0, 0.1) is 18.6 Å². The van der Waals surface area contributed by atoms with E-state index in [1.54, 1.807) is 12.1 Å². The Labute approximate surface area is 120 Å². The average molecular weight is 286 g/mol. The number of halogens is 2. The Balaban J connectivity index is 1.91. The third kappa shape index (κ3) is 2.57. The van der Waals surface area contributed by atoms with E-state index in [9.17, 15) is 13.6 Å². The van der Waals surface area contributed by atoms with Crippen molar-refractivity contribution in [2.75, 3.05) is 0 Å². The van der Waals surface area contributed by atoms with Crippen LogP contribution in [-0.2, 0) is 6.42 Å². The minimum absolute atomic E-state index is 0.0247. The van der Waals surface area contributed by atoms with Crippen LogP contribution in [0.15, 0.2) is 46.9 Å². The molecular weight excluding hydrogens is 274 g/mol. The van der Waals surface area contributed by atoms with Crippen molar-refractivity contribution in [1.29, 1.82) is 0 Å². The van der Waals surface area contributed by atoms with Crippen LogP contribution in [0.3, 0.4) is 0 Å². The molecule has 0 bridgehead atoms. The summed E-state index contributed by atoms with van der Waals surface area (Å²) in [5.74, 6) is -2.18. The molecule has 3 rings (SSSR count). The predicted octanol–water partition coefficient (Wildman–Crippen LogP) is 4.44. The van der Waals surface area contributed by atoms with Crippen molar-refractivity contribution in [1.82, 2.24) is 0 Å². The zero-order valence-corrected chi connectivity index (χ0v) is 11.3. The van der Waals surface area contributed by atoms with Gasteiger partial charge in [-0.1, -0.05) is 23.8 Å². The molecule has 0 aliphatic carbocycles. The number of carbonyl (C=O) groups excluding carboxylic acids is 1. The topological polar surface area (TPSA) is 30.2 Å². The molecule has 0 saturated heterocycles. The molecule has 106 valence electrons.